The van der Waals surface area contributed by atoms with Crippen LogP contribution < -0.4 is 4.90 Å². The molecule has 1 heterocycles. The van der Waals surface area contributed by atoms with E-state index < -0.39 is 0 Å². The highest BCUT2D eigenvalue weighted by Crippen LogP contribution is 2.47. The zero-order valence-electron chi connectivity index (χ0n) is 21.3. The van der Waals surface area contributed by atoms with Crippen LogP contribution in [0, 0.1) is 0 Å². The molecular formula is C36H28N2. The van der Waals surface area contributed by atoms with Crippen LogP contribution in [0.4, 0.5) is 17.1 Å². The van der Waals surface area contributed by atoms with Crippen molar-refractivity contribution in [2.75, 3.05) is 4.90 Å². The van der Waals surface area contributed by atoms with E-state index >= 15 is 0 Å². The average Bonchev–Trinajstić information content (AvgIpc) is 2.98. The summed E-state index contributed by atoms with van der Waals surface area (Å²) in [6.07, 6.45) is 5.63. The van der Waals surface area contributed by atoms with Gasteiger partial charge >= 0.3 is 0 Å². The minimum atomic E-state index is 0.761. The summed E-state index contributed by atoms with van der Waals surface area (Å²) in [6.45, 7) is 12.4. The highest BCUT2D eigenvalue weighted by molar-refractivity contribution is 5.97. The third kappa shape index (κ3) is 4.07. The van der Waals surface area contributed by atoms with Crippen LogP contribution in [-0.4, -0.2) is 6.72 Å². The van der Waals surface area contributed by atoms with Crippen LogP contribution in [0.5, 0.6) is 0 Å². The Morgan fingerprint density at radius 2 is 1.42 bits per heavy atom. The second kappa shape index (κ2) is 9.84. The molecule has 0 aliphatic carbocycles. The van der Waals surface area contributed by atoms with E-state index in [0.29, 0.717) is 0 Å². The highest BCUT2D eigenvalue weighted by Gasteiger charge is 2.25. The monoisotopic (exact) mass is 488 g/mol. The number of nitrogens with zero attached hydrogens (tertiary/aromatic N) is 2. The van der Waals surface area contributed by atoms with E-state index in [1.165, 1.54) is 38.7 Å². The molecule has 0 unspecified atom stereocenters. The molecule has 6 rings (SSSR count). The fourth-order valence-electron chi connectivity index (χ4n) is 5.39. The predicted octanol–water partition coefficient (Wildman–Crippen LogP) is 9.91. The molecule has 1 aliphatic rings. The minimum Gasteiger partial charge on any atom is -0.335 e. The molecule has 0 saturated carbocycles. The summed E-state index contributed by atoms with van der Waals surface area (Å²) in [5.41, 5.74) is 11.4. The first-order valence-electron chi connectivity index (χ1n) is 12.8. The van der Waals surface area contributed by atoms with Crippen molar-refractivity contribution in [1.82, 2.24) is 0 Å². The molecule has 0 bridgehead atoms. The van der Waals surface area contributed by atoms with E-state index in [1.54, 1.807) is 6.08 Å². The standard InChI is InChI=1S/C36H28N2/c1-4-10-25(5-2)26-15-17-27(18-16-26)30-19-20-32-33-22-29-12-7-6-11-28(29)21-31(33)24-38(36(32)23-30)35-14-9-8-13-34(35)37-3/h4-23H,1-3,24H2/b25-10+. The van der Waals surface area contributed by atoms with E-state index in [4.69, 9.17) is 0 Å². The SMILES string of the molecule is C=C/C=C(\C=C)c1ccc(-c2ccc3c(c2)N(c2ccccc2N=C)Cc2cc4ccccc4cc2-3)cc1. The van der Waals surface area contributed by atoms with E-state index in [-0.39, 0.29) is 0 Å². The number of fused-ring (bicyclic) bond motifs is 4. The Kier molecular flexibility index (Phi) is 6.07. The van der Waals surface area contributed by atoms with Crippen molar-refractivity contribution in [2.45, 2.75) is 6.54 Å². The fourth-order valence-corrected chi connectivity index (χ4v) is 5.39. The van der Waals surface area contributed by atoms with Crippen LogP contribution in [0.2, 0.25) is 0 Å². The van der Waals surface area contributed by atoms with Crippen LogP contribution in [0.25, 0.3) is 38.6 Å². The molecule has 182 valence electrons. The zero-order valence-corrected chi connectivity index (χ0v) is 21.3. The number of rotatable bonds is 6. The summed E-state index contributed by atoms with van der Waals surface area (Å²) in [4.78, 5) is 6.71. The van der Waals surface area contributed by atoms with Gasteiger partial charge in [-0.15, -0.1) is 0 Å². The second-order valence-corrected chi connectivity index (χ2v) is 9.46. The van der Waals surface area contributed by atoms with Gasteiger partial charge in [0.1, 0.15) is 0 Å². The first kappa shape index (κ1) is 23.4. The molecule has 0 aromatic heterocycles. The Morgan fingerprint density at radius 3 is 2.16 bits per heavy atom. The minimum absolute atomic E-state index is 0.761. The maximum Gasteiger partial charge on any atom is 0.0859 e. The number of benzene rings is 5. The molecule has 0 saturated heterocycles. The van der Waals surface area contributed by atoms with Crippen LogP contribution in [0.15, 0.2) is 140 Å². The van der Waals surface area contributed by atoms with Crippen molar-refractivity contribution in [3.05, 3.63) is 146 Å². The fraction of sp³-hybridized carbons (Fsp3) is 0.0278. The molecule has 2 nitrogen and oxygen atoms in total. The van der Waals surface area contributed by atoms with Gasteiger partial charge in [0.15, 0.2) is 0 Å². The van der Waals surface area contributed by atoms with Crippen molar-refractivity contribution in [3.8, 4) is 22.3 Å². The summed E-state index contributed by atoms with van der Waals surface area (Å²) in [5.74, 6) is 0. The lowest BCUT2D eigenvalue weighted by Gasteiger charge is -2.34. The number of aliphatic imine (C=N–C) groups is 1. The smallest absolute Gasteiger partial charge is 0.0859 e. The van der Waals surface area contributed by atoms with E-state index in [9.17, 15) is 0 Å². The van der Waals surface area contributed by atoms with Gasteiger partial charge in [0.05, 0.1) is 17.1 Å². The number of para-hydroxylation sites is 2. The van der Waals surface area contributed by atoms with Gasteiger partial charge in [-0.1, -0.05) is 104 Å². The van der Waals surface area contributed by atoms with Gasteiger partial charge in [0, 0.05) is 12.1 Å². The molecule has 5 aromatic rings. The van der Waals surface area contributed by atoms with Crippen LogP contribution in [-0.2, 0) is 6.54 Å². The van der Waals surface area contributed by atoms with Crippen molar-refractivity contribution < 1.29 is 0 Å². The molecule has 0 fully saturated rings. The van der Waals surface area contributed by atoms with Gasteiger partial charge in [-0.3, -0.25) is 4.99 Å². The summed E-state index contributed by atoms with van der Waals surface area (Å²) >= 11 is 0. The van der Waals surface area contributed by atoms with Crippen LogP contribution >= 0.6 is 0 Å². The predicted molar refractivity (Wildman–Crippen MR) is 165 cm³/mol. The lowest BCUT2D eigenvalue weighted by molar-refractivity contribution is 0.963. The van der Waals surface area contributed by atoms with Gasteiger partial charge in [-0.05, 0) is 81.2 Å². The summed E-state index contributed by atoms with van der Waals surface area (Å²) in [6, 6.07) is 36.9. The van der Waals surface area contributed by atoms with E-state index in [2.05, 4.69) is 121 Å². The van der Waals surface area contributed by atoms with Gasteiger partial charge in [-0.2, -0.15) is 0 Å². The van der Waals surface area contributed by atoms with Crippen molar-refractivity contribution in [2.24, 2.45) is 4.99 Å². The number of hydrogen-bond acceptors (Lipinski definition) is 2. The van der Waals surface area contributed by atoms with E-state index in [1.807, 2.05) is 24.3 Å². The molecule has 2 heteroatoms. The Morgan fingerprint density at radius 1 is 0.711 bits per heavy atom. The van der Waals surface area contributed by atoms with Crippen molar-refractivity contribution in [3.63, 3.8) is 0 Å². The first-order chi connectivity index (χ1) is 18.7. The van der Waals surface area contributed by atoms with Crippen LogP contribution in [0.3, 0.4) is 0 Å². The third-order valence-electron chi connectivity index (χ3n) is 7.29. The number of hydrogen-bond donors (Lipinski definition) is 0. The van der Waals surface area contributed by atoms with Gasteiger partial charge in [0.2, 0.25) is 0 Å². The van der Waals surface area contributed by atoms with Gasteiger partial charge in [-0.25, -0.2) is 0 Å². The van der Waals surface area contributed by atoms with E-state index in [0.717, 1.165) is 34.6 Å². The number of allylic oxidation sites excluding steroid dienone is 4. The Labute approximate surface area is 224 Å². The average molecular weight is 489 g/mol. The maximum absolute atomic E-state index is 4.34. The summed E-state index contributed by atoms with van der Waals surface area (Å²) in [5, 5.41) is 2.51. The molecule has 0 N–H and O–H groups in total. The Hall–Kier alpha value is -4.95. The molecule has 0 radical (unpaired) electrons. The van der Waals surface area contributed by atoms with Crippen molar-refractivity contribution in [1.29, 1.82) is 0 Å². The highest BCUT2D eigenvalue weighted by atomic mass is 15.2. The molecule has 38 heavy (non-hydrogen) atoms. The zero-order chi connectivity index (χ0) is 26.1. The topological polar surface area (TPSA) is 15.6 Å². The molecular weight excluding hydrogens is 460 g/mol. The first-order valence-corrected chi connectivity index (χ1v) is 12.8. The molecule has 0 atom stereocenters. The largest absolute Gasteiger partial charge is 0.335 e. The summed E-state index contributed by atoms with van der Waals surface area (Å²) < 4.78 is 0. The third-order valence-corrected chi connectivity index (χ3v) is 7.29. The van der Waals surface area contributed by atoms with Gasteiger partial charge < -0.3 is 4.90 Å². The molecule has 0 spiro atoms. The second-order valence-electron chi connectivity index (χ2n) is 9.46. The lowest BCUT2D eigenvalue weighted by Crippen LogP contribution is -2.21. The summed E-state index contributed by atoms with van der Waals surface area (Å²) in [7, 11) is 0. The number of anilines is 2. The molecule has 1 aliphatic heterocycles. The van der Waals surface area contributed by atoms with Crippen molar-refractivity contribution >= 4 is 40.1 Å². The van der Waals surface area contributed by atoms with Crippen LogP contribution in [0.1, 0.15) is 11.1 Å². The van der Waals surface area contributed by atoms with Gasteiger partial charge in [0.25, 0.3) is 0 Å². The maximum atomic E-state index is 4.34. The quantitative estimate of drug-likeness (QED) is 0.171. The Bertz CT molecular complexity index is 1740. The lowest BCUT2D eigenvalue weighted by atomic mass is 9.88. The molecule has 0 amide bonds. The normalized spacial score (nSPS) is 12.5. The molecule has 5 aromatic carbocycles. The Balaban J connectivity index is 1.52.